The molecule has 1 atom stereocenters. The van der Waals surface area contributed by atoms with E-state index < -0.39 is 33.6 Å². The summed E-state index contributed by atoms with van der Waals surface area (Å²) in [5, 5.41) is 2.68. The van der Waals surface area contributed by atoms with E-state index >= 15 is 0 Å². The quantitative estimate of drug-likeness (QED) is 0.538. The maximum absolute atomic E-state index is 13.8. The highest BCUT2D eigenvalue weighted by Gasteiger charge is 2.35. The molecule has 0 unspecified atom stereocenters. The molecule has 10 nitrogen and oxygen atoms in total. The lowest BCUT2D eigenvalue weighted by Crippen LogP contribution is -2.43. The van der Waals surface area contributed by atoms with Crippen molar-refractivity contribution in [3.63, 3.8) is 0 Å². The number of nitrogens with zero attached hydrogens (tertiary/aromatic N) is 1. The van der Waals surface area contributed by atoms with Crippen molar-refractivity contribution in [2.24, 2.45) is 5.92 Å². The molecule has 1 fully saturated rings. The monoisotopic (exact) mass is 510 g/mol. The van der Waals surface area contributed by atoms with E-state index in [2.05, 4.69) is 5.32 Å². The number of benzene rings is 2. The number of ether oxygens (including phenoxy) is 4. The van der Waals surface area contributed by atoms with Crippen molar-refractivity contribution in [3.05, 3.63) is 41.7 Å². The van der Waals surface area contributed by atoms with Crippen molar-refractivity contribution in [1.82, 2.24) is 4.31 Å². The Hall–Kier alpha value is -3.38. The minimum atomic E-state index is -4.13. The van der Waals surface area contributed by atoms with E-state index in [1.165, 1.54) is 46.6 Å². The Bertz CT molecular complexity index is 1220. The highest BCUT2D eigenvalue weighted by atomic mass is 32.2. The van der Waals surface area contributed by atoms with E-state index in [4.69, 9.17) is 18.9 Å². The number of carbonyl (C=O) groups excluding carboxylic acids is 2. The Morgan fingerprint density at radius 2 is 1.66 bits per heavy atom. The molecule has 1 amide bonds. The molecule has 12 heteroatoms. The average Bonchev–Trinajstić information content (AvgIpc) is 2.87. The zero-order valence-corrected chi connectivity index (χ0v) is 20.6. The van der Waals surface area contributed by atoms with Crippen molar-refractivity contribution in [3.8, 4) is 17.2 Å². The predicted octanol–water partition coefficient (Wildman–Crippen LogP) is 2.68. The van der Waals surface area contributed by atoms with Crippen LogP contribution in [0.2, 0.25) is 0 Å². The van der Waals surface area contributed by atoms with Gasteiger partial charge in [-0.25, -0.2) is 17.6 Å². The number of esters is 1. The molecule has 2 aromatic carbocycles. The number of nitrogens with one attached hydrogen (secondary N) is 1. The first kappa shape index (κ1) is 26.2. The number of halogens is 1. The highest BCUT2D eigenvalue weighted by Crippen LogP contribution is 2.35. The summed E-state index contributed by atoms with van der Waals surface area (Å²) in [7, 11) is 1.17. The fraction of sp³-hybridized carbons (Fsp3) is 0.391. The second kappa shape index (κ2) is 10.9. The molecule has 35 heavy (non-hydrogen) atoms. The third-order valence-electron chi connectivity index (χ3n) is 5.69. The van der Waals surface area contributed by atoms with Gasteiger partial charge in [0.05, 0.1) is 45.6 Å². The summed E-state index contributed by atoms with van der Waals surface area (Å²) in [5.41, 5.74) is 0.176. The molecule has 1 N–H and O–H groups in total. The normalized spacial score (nSPS) is 16.3. The Kier molecular flexibility index (Phi) is 8.18. The second-order valence-electron chi connectivity index (χ2n) is 7.73. The molecular weight excluding hydrogens is 483 g/mol. The number of amides is 1. The van der Waals surface area contributed by atoms with Crippen LogP contribution in [-0.2, 0) is 19.6 Å². The molecule has 0 aromatic heterocycles. The highest BCUT2D eigenvalue weighted by molar-refractivity contribution is 7.89. The van der Waals surface area contributed by atoms with Crippen LogP contribution in [0, 0.1) is 11.7 Å². The number of hydrogen-bond acceptors (Lipinski definition) is 8. The molecular formula is C23H27FN2O8S. The average molecular weight is 511 g/mol. The van der Waals surface area contributed by atoms with Gasteiger partial charge >= 0.3 is 5.97 Å². The largest absolute Gasteiger partial charge is 0.495 e. The van der Waals surface area contributed by atoms with Gasteiger partial charge in [-0.15, -0.1) is 0 Å². The van der Waals surface area contributed by atoms with Crippen molar-refractivity contribution in [2.75, 3.05) is 46.8 Å². The Balaban J connectivity index is 1.87. The zero-order chi connectivity index (χ0) is 25.8. The van der Waals surface area contributed by atoms with Crippen LogP contribution in [0.15, 0.2) is 35.2 Å². The van der Waals surface area contributed by atoms with Gasteiger partial charge in [0.25, 0.3) is 0 Å². The van der Waals surface area contributed by atoms with Gasteiger partial charge in [0.1, 0.15) is 16.5 Å². The number of methoxy groups -OCH3 is 4. The van der Waals surface area contributed by atoms with Crippen molar-refractivity contribution < 1.29 is 41.3 Å². The summed E-state index contributed by atoms with van der Waals surface area (Å²) >= 11 is 0. The number of piperidine rings is 1. The summed E-state index contributed by atoms with van der Waals surface area (Å²) in [6.45, 7) is 0.0320. The van der Waals surface area contributed by atoms with Crippen molar-refractivity contribution >= 4 is 27.6 Å². The van der Waals surface area contributed by atoms with Crippen LogP contribution >= 0.6 is 0 Å². The van der Waals surface area contributed by atoms with E-state index in [0.29, 0.717) is 12.8 Å². The molecule has 0 aliphatic carbocycles. The topological polar surface area (TPSA) is 120 Å². The lowest BCUT2D eigenvalue weighted by molar-refractivity contribution is -0.120. The van der Waals surface area contributed by atoms with Crippen LogP contribution in [0.4, 0.5) is 10.1 Å². The number of sulfonamides is 1. The van der Waals surface area contributed by atoms with Crippen LogP contribution in [-0.4, -0.2) is 66.1 Å². The maximum atomic E-state index is 13.8. The summed E-state index contributed by atoms with van der Waals surface area (Å²) in [5.74, 6) is -2.09. The molecule has 0 saturated carbocycles. The summed E-state index contributed by atoms with van der Waals surface area (Å²) in [4.78, 5) is 25.1. The van der Waals surface area contributed by atoms with Gasteiger partial charge in [0.15, 0.2) is 11.5 Å². The SMILES string of the molecule is COC(=O)c1cc(OC)c(OC)cc1NC(=O)[C@H]1CCCN(S(=O)(=O)c2cc(F)ccc2OC)C1. The molecule has 0 radical (unpaired) electrons. The van der Waals surface area contributed by atoms with Crippen LogP contribution in [0.3, 0.4) is 0 Å². The number of rotatable bonds is 8. The Morgan fingerprint density at radius 1 is 1.00 bits per heavy atom. The number of anilines is 1. The second-order valence-corrected chi connectivity index (χ2v) is 9.64. The molecule has 1 heterocycles. The van der Waals surface area contributed by atoms with Gasteiger partial charge < -0.3 is 24.3 Å². The van der Waals surface area contributed by atoms with Crippen LogP contribution in [0.25, 0.3) is 0 Å². The summed E-state index contributed by atoms with van der Waals surface area (Å²) < 4.78 is 61.8. The maximum Gasteiger partial charge on any atom is 0.340 e. The first-order chi connectivity index (χ1) is 16.7. The van der Waals surface area contributed by atoms with Gasteiger partial charge in [0, 0.05) is 25.2 Å². The van der Waals surface area contributed by atoms with Gasteiger partial charge in [-0.2, -0.15) is 4.31 Å². The molecule has 1 aliphatic rings. The summed E-state index contributed by atoms with van der Waals surface area (Å²) in [6.07, 6.45) is 0.823. The molecule has 0 bridgehead atoms. The van der Waals surface area contributed by atoms with Crippen LogP contribution in [0.5, 0.6) is 17.2 Å². The van der Waals surface area contributed by atoms with E-state index in [9.17, 15) is 22.4 Å². The van der Waals surface area contributed by atoms with Crippen LogP contribution in [0.1, 0.15) is 23.2 Å². The minimum Gasteiger partial charge on any atom is -0.495 e. The molecule has 2 aromatic rings. The lowest BCUT2D eigenvalue weighted by Gasteiger charge is -2.31. The Labute approximate surface area is 203 Å². The van der Waals surface area contributed by atoms with E-state index in [1.54, 1.807) is 0 Å². The number of hydrogen-bond donors (Lipinski definition) is 1. The van der Waals surface area contributed by atoms with Gasteiger partial charge in [-0.1, -0.05) is 0 Å². The fourth-order valence-electron chi connectivity index (χ4n) is 3.86. The zero-order valence-electron chi connectivity index (χ0n) is 19.8. The van der Waals surface area contributed by atoms with Gasteiger partial charge in [0.2, 0.25) is 15.9 Å². The summed E-state index contributed by atoms with van der Waals surface area (Å²) in [6, 6.07) is 6.05. The molecule has 190 valence electrons. The van der Waals surface area contributed by atoms with Gasteiger partial charge in [-0.3, -0.25) is 4.79 Å². The van der Waals surface area contributed by atoms with Crippen LogP contribution < -0.4 is 19.5 Å². The van der Waals surface area contributed by atoms with Crippen molar-refractivity contribution in [1.29, 1.82) is 0 Å². The Morgan fingerprint density at radius 3 is 2.29 bits per heavy atom. The first-order valence-corrected chi connectivity index (χ1v) is 12.1. The van der Waals surface area contributed by atoms with Crippen molar-refractivity contribution in [2.45, 2.75) is 17.7 Å². The first-order valence-electron chi connectivity index (χ1n) is 10.6. The van der Waals surface area contributed by atoms with E-state index in [-0.39, 0.29) is 46.5 Å². The fourth-order valence-corrected chi connectivity index (χ4v) is 5.55. The third-order valence-corrected chi connectivity index (χ3v) is 7.57. The molecule has 3 rings (SSSR count). The lowest BCUT2D eigenvalue weighted by atomic mass is 9.98. The standard InChI is InChI=1S/C23H27FN2O8S/c1-31-18-8-7-15(24)10-21(18)35(29,30)26-9-5-6-14(13-26)22(27)25-17-12-20(33-3)19(32-2)11-16(17)23(28)34-4/h7-8,10-12,14H,5-6,9,13H2,1-4H3,(H,25,27)/t14-/m0/s1. The van der Waals surface area contributed by atoms with E-state index in [0.717, 1.165) is 16.4 Å². The minimum absolute atomic E-state index is 0.00558. The van der Waals surface area contributed by atoms with E-state index in [1.807, 2.05) is 0 Å². The molecule has 1 aliphatic heterocycles. The molecule has 0 spiro atoms. The number of carbonyl (C=O) groups is 2. The predicted molar refractivity (Wildman–Crippen MR) is 124 cm³/mol. The smallest absolute Gasteiger partial charge is 0.340 e. The third kappa shape index (κ3) is 5.49. The van der Waals surface area contributed by atoms with Gasteiger partial charge in [-0.05, 0) is 31.0 Å². The molecule has 1 saturated heterocycles.